The second-order valence-corrected chi connectivity index (χ2v) is 7.64. The van der Waals surface area contributed by atoms with Crippen LogP contribution in [0.4, 0.5) is 17.6 Å². The van der Waals surface area contributed by atoms with Gasteiger partial charge in [0.2, 0.25) is 5.91 Å². The molecule has 8 heteroatoms. The lowest BCUT2D eigenvalue weighted by Gasteiger charge is -2.35. The van der Waals surface area contributed by atoms with Crippen LogP contribution < -0.4 is 5.32 Å². The Hall–Kier alpha value is -2.87. The topological polar surface area (TPSA) is 65.1 Å². The Labute approximate surface area is 169 Å². The van der Waals surface area contributed by atoms with Gasteiger partial charge in [0.15, 0.2) is 0 Å². The maximum Gasteiger partial charge on any atom is 0.223 e. The maximum atomic E-state index is 14.4. The van der Waals surface area contributed by atoms with Crippen molar-refractivity contribution < 1.29 is 27.5 Å². The van der Waals surface area contributed by atoms with Gasteiger partial charge in [-0.15, -0.1) is 0 Å². The monoisotopic (exact) mass is 420 g/mol. The number of benzene rings is 2. The first-order chi connectivity index (χ1) is 14.4. The maximum absolute atomic E-state index is 14.4. The van der Waals surface area contributed by atoms with Gasteiger partial charge in [0.25, 0.3) is 0 Å². The van der Waals surface area contributed by atoms with Crippen LogP contribution in [0.3, 0.4) is 0 Å². The van der Waals surface area contributed by atoms with Crippen LogP contribution in [0.25, 0.3) is 22.2 Å². The fourth-order valence-corrected chi connectivity index (χ4v) is 4.03. The molecule has 1 aliphatic carbocycles. The van der Waals surface area contributed by atoms with Gasteiger partial charge in [0, 0.05) is 17.4 Å². The van der Waals surface area contributed by atoms with Crippen molar-refractivity contribution in [1.82, 2.24) is 10.3 Å². The average molecular weight is 420 g/mol. The van der Waals surface area contributed by atoms with Gasteiger partial charge >= 0.3 is 0 Å². The molecule has 158 valence electrons. The molecule has 1 amide bonds. The van der Waals surface area contributed by atoms with Gasteiger partial charge in [-0.05, 0) is 60.2 Å². The zero-order chi connectivity index (χ0) is 21.4. The molecule has 0 spiro atoms. The standard InChI is InChI=1S/C22H20F4N2O2/c23-9-16(10-29)27-22(30)13-5-12(6-13)19-17-7-15(25)8-18(26)21(17)28-20(19)11-1-3-14(24)4-2-11/h1-4,7-8,12-13,16,28-29H,5-6,9-10H2,(H,27,30)/t12-,13-,16?. The normalized spacial score (nSPS) is 19.5. The second kappa shape index (κ2) is 8.10. The van der Waals surface area contributed by atoms with E-state index in [2.05, 4.69) is 10.3 Å². The minimum Gasteiger partial charge on any atom is -0.394 e. The fourth-order valence-electron chi connectivity index (χ4n) is 4.03. The molecule has 2 aromatic carbocycles. The van der Waals surface area contributed by atoms with Crippen LogP contribution >= 0.6 is 0 Å². The van der Waals surface area contributed by atoms with Crippen LogP contribution in [0.15, 0.2) is 36.4 Å². The zero-order valence-electron chi connectivity index (χ0n) is 15.9. The summed E-state index contributed by atoms with van der Waals surface area (Å²) in [6.45, 7) is -1.36. The van der Waals surface area contributed by atoms with Crippen molar-refractivity contribution in [2.24, 2.45) is 5.92 Å². The first kappa shape index (κ1) is 20.4. The largest absolute Gasteiger partial charge is 0.394 e. The van der Waals surface area contributed by atoms with Crippen LogP contribution in [0.2, 0.25) is 0 Å². The highest BCUT2D eigenvalue weighted by Crippen LogP contribution is 2.48. The molecule has 0 radical (unpaired) electrons. The average Bonchev–Trinajstić information content (AvgIpc) is 3.05. The van der Waals surface area contributed by atoms with Gasteiger partial charge in [-0.25, -0.2) is 17.6 Å². The summed E-state index contributed by atoms with van der Waals surface area (Å²) >= 11 is 0. The van der Waals surface area contributed by atoms with E-state index in [1.807, 2.05) is 0 Å². The van der Waals surface area contributed by atoms with Crippen molar-refractivity contribution in [3.8, 4) is 11.3 Å². The number of fused-ring (bicyclic) bond motifs is 1. The predicted octanol–water partition coefficient (Wildman–Crippen LogP) is 4.19. The summed E-state index contributed by atoms with van der Waals surface area (Å²) in [6, 6.07) is 6.76. The lowest BCUT2D eigenvalue weighted by molar-refractivity contribution is -0.129. The van der Waals surface area contributed by atoms with Crippen LogP contribution in [0.1, 0.15) is 24.3 Å². The van der Waals surface area contributed by atoms with E-state index >= 15 is 0 Å². The van der Waals surface area contributed by atoms with Crippen LogP contribution in [0, 0.1) is 23.4 Å². The molecule has 1 atom stereocenters. The van der Waals surface area contributed by atoms with E-state index in [0.29, 0.717) is 35.0 Å². The number of halogens is 4. The minimum atomic E-state index is -0.942. The first-order valence-electron chi connectivity index (χ1n) is 9.65. The molecule has 1 fully saturated rings. The Bertz CT molecular complexity index is 1070. The number of carbonyl (C=O) groups excluding carboxylic acids is 1. The number of hydrogen-bond acceptors (Lipinski definition) is 2. The Morgan fingerprint density at radius 2 is 1.83 bits per heavy atom. The summed E-state index contributed by atoms with van der Waals surface area (Å²) in [7, 11) is 0. The lowest BCUT2D eigenvalue weighted by atomic mass is 9.69. The Morgan fingerprint density at radius 3 is 2.47 bits per heavy atom. The summed E-state index contributed by atoms with van der Waals surface area (Å²) < 4.78 is 54.4. The van der Waals surface area contributed by atoms with Crippen molar-refractivity contribution in [3.63, 3.8) is 0 Å². The van der Waals surface area contributed by atoms with Crippen LogP contribution in [-0.4, -0.2) is 35.3 Å². The third kappa shape index (κ3) is 3.67. The fraction of sp³-hybridized carbons (Fsp3) is 0.318. The van der Waals surface area contributed by atoms with Crippen molar-refractivity contribution in [1.29, 1.82) is 0 Å². The highest BCUT2D eigenvalue weighted by molar-refractivity contribution is 5.92. The molecule has 0 bridgehead atoms. The Balaban J connectivity index is 1.67. The van der Waals surface area contributed by atoms with Crippen molar-refractivity contribution in [2.45, 2.75) is 24.8 Å². The smallest absolute Gasteiger partial charge is 0.223 e. The van der Waals surface area contributed by atoms with Crippen LogP contribution in [0.5, 0.6) is 0 Å². The van der Waals surface area contributed by atoms with E-state index in [9.17, 15) is 22.4 Å². The summed E-state index contributed by atoms with van der Waals surface area (Å²) in [5.41, 5.74) is 1.99. The van der Waals surface area contributed by atoms with E-state index in [0.717, 1.165) is 6.07 Å². The number of carbonyl (C=O) groups is 1. The molecule has 4 nitrogen and oxygen atoms in total. The van der Waals surface area contributed by atoms with E-state index < -0.39 is 36.8 Å². The number of hydrogen-bond donors (Lipinski definition) is 3. The third-order valence-electron chi connectivity index (χ3n) is 5.67. The van der Waals surface area contributed by atoms with Gasteiger partial charge in [0.05, 0.1) is 23.9 Å². The summed E-state index contributed by atoms with van der Waals surface area (Å²) in [4.78, 5) is 15.3. The molecule has 3 N–H and O–H groups in total. The number of alkyl halides is 1. The molecule has 1 unspecified atom stereocenters. The number of aliphatic hydroxyl groups excluding tert-OH is 1. The third-order valence-corrected chi connectivity index (χ3v) is 5.67. The van der Waals surface area contributed by atoms with Gasteiger partial charge in [-0.1, -0.05) is 0 Å². The second-order valence-electron chi connectivity index (χ2n) is 7.64. The van der Waals surface area contributed by atoms with E-state index in [4.69, 9.17) is 5.11 Å². The van der Waals surface area contributed by atoms with Gasteiger partial charge in [-0.3, -0.25) is 4.79 Å². The van der Waals surface area contributed by atoms with Gasteiger partial charge in [0.1, 0.15) is 24.1 Å². The molecule has 1 saturated carbocycles. The zero-order valence-corrected chi connectivity index (χ0v) is 15.9. The molecule has 1 heterocycles. The number of H-pyrrole nitrogens is 1. The number of nitrogens with one attached hydrogen (secondary N) is 2. The van der Waals surface area contributed by atoms with E-state index in [1.54, 1.807) is 12.1 Å². The van der Waals surface area contributed by atoms with Gasteiger partial charge < -0.3 is 15.4 Å². The molecule has 4 rings (SSSR count). The lowest BCUT2D eigenvalue weighted by Crippen LogP contribution is -2.45. The molecule has 0 aliphatic heterocycles. The van der Waals surface area contributed by atoms with E-state index in [-0.39, 0.29) is 23.3 Å². The number of aliphatic hydroxyl groups is 1. The SMILES string of the molecule is O=C(NC(CO)CF)[C@H]1C[C@H](c2c(-c3ccc(F)cc3)[nH]c3c(F)cc(F)cc32)C1. The molecule has 30 heavy (non-hydrogen) atoms. The highest BCUT2D eigenvalue weighted by atomic mass is 19.1. The van der Waals surface area contributed by atoms with Crippen molar-refractivity contribution in [2.75, 3.05) is 13.3 Å². The first-order valence-corrected chi connectivity index (χ1v) is 9.65. The molecule has 1 aliphatic rings. The van der Waals surface area contributed by atoms with Crippen molar-refractivity contribution in [3.05, 3.63) is 59.4 Å². The molecule has 0 saturated heterocycles. The molecule has 1 aromatic heterocycles. The summed E-state index contributed by atoms with van der Waals surface area (Å²) in [5, 5.41) is 11.9. The molecular formula is C22H20F4N2O2. The predicted molar refractivity (Wildman–Crippen MR) is 104 cm³/mol. The highest BCUT2D eigenvalue weighted by Gasteiger charge is 2.39. The van der Waals surface area contributed by atoms with Crippen molar-refractivity contribution >= 4 is 16.8 Å². The van der Waals surface area contributed by atoms with E-state index in [1.165, 1.54) is 18.2 Å². The summed E-state index contributed by atoms with van der Waals surface area (Å²) in [6.07, 6.45) is 0.825. The summed E-state index contributed by atoms with van der Waals surface area (Å²) in [5.74, 6) is -2.77. The number of aromatic amines is 1. The Morgan fingerprint density at radius 1 is 1.13 bits per heavy atom. The quantitative estimate of drug-likeness (QED) is 0.524. The molecular weight excluding hydrogens is 400 g/mol. The number of amides is 1. The van der Waals surface area contributed by atoms with Gasteiger partial charge in [-0.2, -0.15) is 0 Å². The Kier molecular flexibility index (Phi) is 5.51. The number of aromatic nitrogens is 1. The van der Waals surface area contributed by atoms with Crippen LogP contribution in [-0.2, 0) is 4.79 Å². The minimum absolute atomic E-state index is 0.149. The molecule has 3 aromatic rings. The number of rotatable bonds is 6.